The van der Waals surface area contributed by atoms with Gasteiger partial charge in [-0.1, -0.05) is 222 Å². The minimum Gasteiger partial charge on any atom is -0.462 e. The van der Waals surface area contributed by atoms with Gasteiger partial charge in [-0.05, 0) is 89.9 Å². The highest BCUT2D eigenvalue weighted by Crippen LogP contribution is 2.15. The van der Waals surface area contributed by atoms with Gasteiger partial charge in [0.25, 0.3) is 0 Å². The lowest BCUT2D eigenvalue weighted by atomic mass is 10.1. The highest BCUT2D eigenvalue weighted by Gasteiger charge is 2.19. The summed E-state index contributed by atoms with van der Waals surface area (Å²) in [6.45, 7) is 6.45. The largest absolute Gasteiger partial charge is 0.462 e. The van der Waals surface area contributed by atoms with E-state index in [4.69, 9.17) is 14.2 Å². The smallest absolute Gasteiger partial charge is 0.306 e. The maximum Gasteiger partial charge on any atom is 0.306 e. The molecule has 368 valence electrons. The molecular weight excluding hydrogens is 793 g/mol. The Labute approximate surface area is 395 Å². The number of rotatable bonds is 48. The van der Waals surface area contributed by atoms with Gasteiger partial charge in [0, 0.05) is 19.3 Å². The van der Waals surface area contributed by atoms with Crippen LogP contribution in [-0.4, -0.2) is 37.2 Å². The summed E-state index contributed by atoms with van der Waals surface area (Å²) in [4.78, 5) is 38.0. The first-order chi connectivity index (χ1) is 31.5. The van der Waals surface area contributed by atoms with E-state index in [2.05, 4.69) is 93.7 Å². The molecule has 0 saturated heterocycles. The number of allylic oxidation sites excluding steroid dienone is 12. The van der Waals surface area contributed by atoms with Gasteiger partial charge in [0.05, 0.1) is 0 Å². The van der Waals surface area contributed by atoms with Crippen molar-refractivity contribution in [1.82, 2.24) is 0 Å². The Morgan fingerprint density at radius 2 is 0.625 bits per heavy atom. The Kier molecular flexibility index (Phi) is 49.9. The van der Waals surface area contributed by atoms with Gasteiger partial charge < -0.3 is 14.2 Å². The first-order valence-electron chi connectivity index (χ1n) is 27.0. The number of hydrogen-bond donors (Lipinski definition) is 0. The summed E-state index contributed by atoms with van der Waals surface area (Å²) in [6, 6.07) is 0. The lowest BCUT2D eigenvalue weighted by Crippen LogP contribution is -2.30. The molecule has 1 unspecified atom stereocenters. The number of unbranched alkanes of at least 4 members (excludes halogenated alkanes) is 28. The number of ether oxygens (including phenoxy) is 3. The summed E-state index contributed by atoms with van der Waals surface area (Å²) >= 11 is 0. The summed E-state index contributed by atoms with van der Waals surface area (Å²) in [5.74, 6) is -0.927. The zero-order chi connectivity index (χ0) is 46.5. The standard InChI is InChI=1S/C58H100O6/c1-4-7-10-13-16-19-22-25-27-28-29-30-31-34-36-39-42-45-48-51-57(60)63-54-55(53-62-56(59)50-47-44-41-38-35-32-24-21-18-15-12-9-6-3)64-58(61)52-49-46-43-40-37-33-26-23-20-17-14-11-8-5-2/h9,12,15-16,18-19,21-22,24-25,33,37,55H,4-8,10-11,13-14,17,20,23,26-32,34-36,38-54H2,1-3H3/b12-9-,18-15-,19-16-,24-21-,25-22-,37-33-. The van der Waals surface area contributed by atoms with Gasteiger partial charge in [0.1, 0.15) is 13.2 Å². The summed E-state index contributed by atoms with van der Waals surface area (Å²) < 4.78 is 16.8. The summed E-state index contributed by atoms with van der Waals surface area (Å²) in [6.07, 6.45) is 66.0. The van der Waals surface area contributed by atoms with E-state index in [0.717, 1.165) is 96.3 Å². The maximum atomic E-state index is 12.8. The molecule has 0 aromatic heterocycles. The van der Waals surface area contributed by atoms with Gasteiger partial charge in [-0.3, -0.25) is 14.4 Å². The molecule has 0 aromatic rings. The molecule has 0 rings (SSSR count). The van der Waals surface area contributed by atoms with Crippen LogP contribution in [0, 0.1) is 0 Å². The molecular formula is C58H100O6. The minimum absolute atomic E-state index is 0.0898. The first kappa shape index (κ1) is 60.9. The van der Waals surface area contributed by atoms with E-state index in [1.165, 1.54) is 122 Å². The van der Waals surface area contributed by atoms with E-state index < -0.39 is 6.10 Å². The first-order valence-corrected chi connectivity index (χ1v) is 27.0. The van der Waals surface area contributed by atoms with Crippen molar-refractivity contribution >= 4 is 17.9 Å². The van der Waals surface area contributed by atoms with E-state index in [0.29, 0.717) is 19.3 Å². The summed E-state index contributed by atoms with van der Waals surface area (Å²) in [7, 11) is 0. The predicted octanol–water partition coefficient (Wildman–Crippen LogP) is 17.8. The van der Waals surface area contributed by atoms with Gasteiger partial charge >= 0.3 is 17.9 Å². The second-order valence-corrected chi connectivity index (χ2v) is 17.8. The topological polar surface area (TPSA) is 78.9 Å². The quantitative estimate of drug-likeness (QED) is 0.0199. The van der Waals surface area contributed by atoms with E-state index in [9.17, 15) is 14.4 Å². The summed E-state index contributed by atoms with van der Waals surface area (Å²) in [5, 5.41) is 0. The maximum absolute atomic E-state index is 12.8. The molecule has 0 aliphatic rings. The highest BCUT2D eigenvalue weighted by atomic mass is 16.6. The van der Waals surface area contributed by atoms with Crippen molar-refractivity contribution in [3.63, 3.8) is 0 Å². The fraction of sp³-hybridized carbons (Fsp3) is 0.741. The van der Waals surface area contributed by atoms with Crippen molar-refractivity contribution < 1.29 is 28.6 Å². The average Bonchev–Trinajstić information content (AvgIpc) is 3.29. The Morgan fingerprint density at radius 1 is 0.328 bits per heavy atom. The van der Waals surface area contributed by atoms with Crippen LogP contribution in [-0.2, 0) is 28.6 Å². The van der Waals surface area contributed by atoms with Crippen molar-refractivity contribution in [2.75, 3.05) is 13.2 Å². The number of hydrogen-bond acceptors (Lipinski definition) is 6. The monoisotopic (exact) mass is 893 g/mol. The third-order valence-corrected chi connectivity index (χ3v) is 11.5. The van der Waals surface area contributed by atoms with E-state index in [1.807, 2.05) is 0 Å². The van der Waals surface area contributed by atoms with E-state index in [1.54, 1.807) is 0 Å². The van der Waals surface area contributed by atoms with Crippen LogP contribution in [0.2, 0.25) is 0 Å². The molecule has 0 amide bonds. The SMILES string of the molecule is CC\C=C/C=C\C=C/CCCCCCCC(=O)OCC(COC(=O)CCCCCCCCCCCC/C=C\C=C/CCCCC)OC(=O)CCCCC/C=C\CCCCCCCCC. The van der Waals surface area contributed by atoms with Crippen LogP contribution in [0.25, 0.3) is 0 Å². The van der Waals surface area contributed by atoms with Crippen LogP contribution in [0.5, 0.6) is 0 Å². The fourth-order valence-corrected chi connectivity index (χ4v) is 7.43. The van der Waals surface area contributed by atoms with Gasteiger partial charge in [0.2, 0.25) is 0 Å². The highest BCUT2D eigenvalue weighted by molar-refractivity contribution is 5.71. The van der Waals surface area contributed by atoms with Gasteiger partial charge in [-0.25, -0.2) is 0 Å². The number of carbonyl (C=O) groups excluding carboxylic acids is 3. The van der Waals surface area contributed by atoms with Gasteiger partial charge in [0.15, 0.2) is 6.10 Å². The Hall–Kier alpha value is -3.15. The van der Waals surface area contributed by atoms with Crippen LogP contribution in [0.3, 0.4) is 0 Å². The Morgan fingerprint density at radius 3 is 1.05 bits per heavy atom. The van der Waals surface area contributed by atoms with Crippen LogP contribution < -0.4 is 0 Å². The Balaban J connectivity index is 4.39. The van der Waals surface area contributed by atoms with E-state index >= 15 is 0 Å². The van der Waals surface area contributed by atoms with Crippen molar-refractivity contribution in [3.8, 4) is 0 Å². The molecule has 6 nitrogen and oxygen atoms in total. The molecule has 0 aromatic carbocycles. The van der Waals surface area contributed by atoms with Crippen LogP contribution in [0.15, 0.2) is 72.9 Å². The normalized spacial score (nSPS) is 12.6. The molecule has 0 aliphatic carbocycles. The summed E-state index contributed by atoms with van der Waals surface area (Å²) in [5.41, 5.74) is 0. The fourth-order valence-electron chi connectivity index (χ4n) is 7.43. The second-order valence-electron chi connectivity index (χ2n) is 17.8. The van der Waals surface area contributed by atoms with Crippen molar-refractivity contribution in [1.29, 1.82) is 0 Å². The van der Waals surface area contributed by atoms with Crippen molar-refractivity contribution in [2.24, 2.45) is 0 Å². The zero-order valence-electron chi connectivity index (χ0n) is 42.0. The number of carbonyl (C=O) groups is 3. The molecule has 0 N–H and O–H groups in total. The molecule has 0 heterocycles. The average molecular weight is 893 g/mol. The molecule has 0 aliphatic heterocycles. The molecule has 0 radical (unpaired) electrons. The third-order valence-electron chi connectivity index (χ3n) is 11.5. The second kappa shape index (κ2) is 52.5. The van der Waals surface area contributed by atoms with Crippen molar-refractivity contribution in [2.45, 2.75) is 264 Å². The molecule has 64 heavy (non-hydrogen) atoms. The minimum atomic E-state index is -0.792. The molecule has 0 spiro atoms. The van der Waals surface area contributed by atoms with Crippen LogP contribution in [0.4, 0.5) is 0 Å². The van der Waals surface area contributed by atoms with Gasteiger partial charge in [-0.15, -0.1) is 0 Å². The number of esters is 3. The molecule has 0 fully saturated rings. The van der Waals surface area contributed by atoms with Crippen molar-refractivity contribution in [3.05, 3.63) is 72.9 Å². The molecule has 0 saturated carbocycles. The van der Waals surface area contributed by atoms with Crippen LogP contribution >= 0.6 is 0 Å². The molecule has 1 atom stereocenters. The van der Waals surface area contributed by atoms with Crippen LogP contribution in [0.1, 0.15) is 258 Å². The molecule has 6 heteroatoms. The Bertz CT molecular complexity index is 1210. The zero-order valence-corrected chi connectivity index (χ0v) is 42.0. The lowest BCUT2D eigenvalue weighted by molar-refractivity contribution is -0.167. The third kappa shape index (κ3) is 49.9. The lowest BCUT2D eigenvalue weighted by Gasteiger charge is -2.18. The predicted molar refractivity (Wildman–Crippen MR) is 274 cm³/mol. The molecule has 0 bridgehead atoms. The van der Waals surface area contributed by atoms with Gasteiger partial charge in [-0.2, -0.15) is 0 Å². The van der Waals surface area contributed by atoms with E-state index in [-0.39, 0.29) is 31.1 Å².